The predicted molar refractivity (Wildman–Crippen MR) is 109 cm³/mol. The number of amides is 1. The van der Waals surface area contributed by atoms with Gasteiger partial charge in [-0.2, -0.15) is 13.2 Å². The molecule has 1 atom stereocenters. The SMILES string of the molecule is CCOC(=O)[C@](NCCc1ccc(OC)cc1)(NC(=O)c1ccccc1Cl)C(F)(F)F. The largest absolute Gasteiger partial charge is 0.497 e. The summed E-state index contributed by atoms with van der Waals surface area (Å²) in [4.78, 5) is 25.0. The van der Waals surface area contributed by atoms with Crippen LogP contribution < -0.4 is 15.4 Å². The van der Waals surface area contributed by atoms with Crippen molar-refractivity contribution in [3.8, 4) is 5.75 Å². The van der Waals surface area contributed by atoms with Gasteiger partial charge in [0.25, 0.3) is 11.6 Å². The molecule has 6 nitrogen and oxygen atoms in total. The molecule has 0 unspecified atom stereocenters. The number of nitrogens with one attached hydrogen (secondary N) is 2. The van der Waals surface area contributed by atoms with Gasteiger partial charge in [-0.25, -0.2) is 4.79 Å². The topological polar surface area (TPSA) is 76.7 Å². The molecule has 0 bridgehead atoms. The Kier molecular flexibility index (Phi) is 8.29. The van der Waals surface area contributed by atoms with E-state index in [0.29, 0.717) is 11.3 Å². The Balaban J connectivity index is 2.30. The van der Waals surface area contributed by atoms with E-state index in [0.717, 1.165) is 0 Å². The minimum Gasteiger partial charge on any atom is -0.497 e. The number of hydrogen-bond donors (Lipinski definition) is 2. The van der Waals surface area contributed by atoms with Gasteiger partial charge in [-0.05, 0) is 43.2 Å². The summed E-state index contributed by atoms with van der Waals surface area (Å²) in [5, 5.41) is 3.85. The van der Waals surface area contributed by atoms with E-state index in [1.165, 1.54) is 38.3 Å². The number of benzene rings is 2. The van der Waals surface area contributed by atoms with Gasteiger partial charge in [-0.3, -0.25) is 10.1 Å². The van der Waals surface area contributed by atoms with Crippen LogP contribution in [0.4, 0.5) is 13.2 Å². The minimum absolute atomic E-state index is 0.0573. The van der Waals surface area contributed by atoms with Crippen molar-refractivity contribution in [3.63, 3.8) is 0 Å². The number of methoxy groups -OCH3 is 1. The van der Waals surface area contributed by atoms with Gasteiger partial charge in [0.05, 0.1) is 24.3 Å². The molecule has 0 aromatic heterocycles. The zero-order valence-electron chi connectivity index (χ0n) is 16.9. The first kappa shape index (κ1) is 24.5. The first-order valence-corrected chi connectivity index (χ1v) is 9.71. The van der Waals surface area contributed by atoms with Crippen molar-refractivity contribution in [1.82, 2.24) is 10.6 Å². The van der Waals surface area contributed by atoms with Crippen LogP contribution in [0.5, 0.6) is 5.75 Å². The molecule has 2 aromatic rings. The van der Waals surface area contributed by atoms with Gasteiger partial charge in [0.15, 0.2) is 0 Å². The molecule has 0 aliphatic rings. The molecular weight excluding hydrogens is 437 g/mol. The van der Waals surface area contributed by atoms with Gasteiger partial charge in [-0.15, -0.1) is 0 Å². The number of ether oxygens (including phenoxy) is 2. The zero-order chi connectivity index (χ0) is 23.1. The van der Waals surface area contributed by atoms with Gasteiger partial charge in [0, 0.05) is 6.54 Å². The van der Waals surface area contributed by atoms with Crippen LogP contribution in [0, 0.1) is 0 Å². The standard InChI is InChI=1S/C21H22ClF3N2O4/c1-3-31-19(29)20(21(23,24)25,27-18(28)16-6-4-5-7-17(16)22)26-13-12-14-8-10-15(30-2)11-9-14/h4-11,26H,3,12-13H2,1-2H3,(H,27,28)/t20-/m0/s1. The molecule has 0 heterocycles. The van der Waals surface area contributed by atoms with Crippen LogP contribution in [0.2, 0.25) is 5.02 Å². The number of carbonyl (C=O) groups excluding carboxylic acids is 2. The molecule has 0 radical (unpaired) electrons. The van der Waals surface area contributed by atoms with Gasteiger partial charge in [0.2, 0.25) is 0 Å². The van der Waals surface area contributed by atoms with Crippen LogP contribution in [0.25, 0.3) is 0 Å². The maximum atomic E-state index is 14.1. The highest BCUT2D eigenvalue weighted by atomic mass is 35.5. The summed E-state index contributed by atoms with van der Waals surface area (Å²) in [6.45, 7) is 0.776. The monoisotopic (exact) mass is 458 g/mol. The van der Waals surface area contributed by atoms with Crippen LogP contribution >= 0.6 is 11.6 Å². The number of halogens is 4. The lowest BCUT2D eigenvalue weighted by molar-refractivity contribution is -0.218. The lowest BCUT2D eigenvalue weighted by Gasteiger charge is -2.35. The predicted octanol–water partition coefficient (Wildman–Crippen LogP) is 3.73. The number of esters is 1. The highest BCUT2D eigenvalue weighted by Gasteiger charge is 2.63. The second kappa shape index (κ2) is 10.5. The van der Waals surface area contributed by atoms with Crippen molar-refractivity contribution in [2.75, 3.05) is 20.3 Å². The molecular formula is C21H22ClF3N2O4. The van der Waals surface area contributed by atoms with Crippen LogP contribution in [-0.2, 0) is 16.0 Å². The fourth-order valence-electron chi connectivity index (χ4n) is 2.76. The molecule has 0 spiro atoms. The summed E-state index contributed by atoms with van der Waals surface area (Å²) in [6, 6.07) is 12.3. The van der Waals surface area contributed by atoms with Crippen LogP contribution in [-0.4, -0.2) is 44.0 Å². The van der Waals surface area contributed by atoms with Crippen LogP contribution in [0.1, 0.15) is 22.8 Å². The van der Waals surface area contributed by atoms with Crippen LogP contribution in [0.3, 0.4) is 0 Å². The van der Waals surface area contributed by atoms with Gasteiger partial charge in [-0.1, -0.05) is 35.9 Å². The molecule has 2 N–H and O–H groups in total. The van der Waals surface area contributed by atoms with E-state index in [-0.39, 0.29) is 30.2 Å². The normalized spacial score (nSPS) is 13.2. The van der Waals surface area contributed by atoms with E-state index >= 15 is 0 Å². The van der Waals surface area contributed by atoms with Gasteiger partial charge < -0.3 is 14.8 Å². The fourth-order valence-corrected chi connectivity index (χ4v) is 2.98. The van der Waals surface area contributed by atoms with Crippen LogP contribution in [0.15, 0.2) is 48.5 Å². The lowest BCUT2D eigenvalue weighted by Crippen LogP contribution is -2.73. The molecule has 168 valence electrons. The van der Waals surface area contributed by atoms with Crippen molar-refractivity contribution >= 4 is 23.5 Å². The molecule has 2 aromatic carbocycles. The fraction of sp³-hybridized carbons (Fsp3) is 0.333. The number of hydrogen-bond acceptors (Lipinski definition) is 5. The Morgan fingerprint density at radius 1 is 1.06 bits per heavy atom. The van der Waals surface area contributed by atoms with E-state index in [1.54, 1.807) is 29.6 Å². The Hall–Kier alpha value is -2.78. The maximum Gasteiger partial charge on any atom is 0.436 e. The zero-order valence-corrected chi connectivity index (χ0v) is 17.6. The second-order valence-corrected chi connectivity index (χ2v) is 6.83. The van der Waals surface area contributed by atoms with E-state index in [9.17, 15) is 22.8 Å². The Morgan fingerprint density at radius 3 is 2.26 bits per heavy atom. The average molecular weight is 459 g/mol. The Morgan fingerprint density at radius 2 is 1.71 bits per heavy atom. The summed E-state index contributed by atoms with van der Waals surface area (Å²) < 4.78 is 52.1. The average Bonchev–Trinajstić information content (AvgIpc) is 2.73. The molecule has 0 saturated heterocycles. The van der Waals surface area contributed by atoms with Crippen molar-refractivity contribution in [2.45, 2.75) is 25.2 Å². The van der Waals surface area contributed by atoms with Crippen molar-refractivity contribution in [1.29, 1.82) is 0 Å². The maximum absolute atomic E-state index is 14.1. The first-order valence-electron chi connectivity index (χ1n) is 9.33. The third-order valence-corrected chi connectivity index (χ3v) is 4.72. The van der Waals surface area contributed by atoms with E-state index in [1.807, 2.05) is 0 Å². The second-order valence-electron chi connectivity index (χ2n) is 6.43. The Bertz CT molecular complexity index is 906. The highest BCUT2D eigenvalue weighted by Crippen LogP contribution is 2.31. The summed E-state index contributed by atoms with van der Waals surface area (Å²) in [5.74, 6) is -2.24. The summed E-state index contributed by atoms with van der Waals surface area (Å²) in [5.41, 5.74) is -2.96. The molecule has 0 aliphatic carbocycles. The van der Waals surface area contributed by atoms with E-state index < -0.39 is 23.7 Å². The van der Waals surface area contributed by atoms with Crippen molar-refractivity contribution < 1.29 is 32.2 Å². The summed E-state index contributed by atoms with van der Waals surface area (Å²) in [7, 11) is 1.50. The van der Waals surface area contributed by atoms with Gasteiger partial charge in [0.1, 0.15) is 5.75 Å². The third kappa shape index (κ3) is 5.89. The minimum atomic E-state index is -5.20. The molecule has 0 aliphatic heterocycles. The number of carbonyl (C=O) groups is 2. The molecule has 10 heteroatoms. The summed E-state index contributed by atoms with van der Waals surface area (Å²) >= 11 is 5.92. The van der Waals surface area contributed by atoms with Crippen molar-refractivity contribution in [2.24, 2.45) is 0 Å². The first-order chi connectivity index (χ1) is 14.6. The quantitative estimate of drug-likeness (QED) is 0.442. The number of alkyl halides is 3. The van der Waals surface area contributed by atoms with Crippen molar-refractivity contribution in [3.05, 3.63) is 64.7 Å². The van der Waals surface area contributed by atoms with E-state index in [4.69, 9.17) is 16.3 Å². The molecule has 0 saturated carbocycles. The lowest BCUT2D eigenvalue weighted by atomic mass is 10.1. The smallest absolute Gasteiger partial charge is 0.436 e. The Labute approximate surface area is 182 Å². The molecule has 1 amide bonds. The highest BCUT2D eigenvalue weighted by molar-refractivity contribution is 6.33. The number of rotatable bonds is 9. The van der Waals surface area contributed by atoms with Gasteiger partial charge >= 0.3 is 12.1 Å². The van der Waals surface area contributed by atoms with E-state index in [2.05, 4.69) is 10.1 Å². The third-order valence-electron chi connectivity index (χ3n) is 4.39. The summed E-state index contributed by atoms with van der Waals surface area (Å²) in [6.07, 6.45) is -5.06. The molecule has 31 heavy (non-hydrogen) atoms. The molecule has 2 rings (SSSR count). The molecule has 0 fully saturated rings.